The predicted octanol–water partition coefficient (Wildman–Crippen LogP) is 2.53. The molecule has 1 amide bonds. The average Bonchev–Trinajstić information content (AvgIpc) is 2.54. The van der Waals surface area contributed by atoms with Crippen LogP contribution in [-0.4, -0.2) is 35.0 Å². The van der Waals surface area contributed by atoms with Gasteiger partial charge in [-0.1, -0.05) is 39.5 Å². The number of nitrogens with zero attached hydrogens (tertiary/aromatic N) is 1. The molecule has 0 atom stereocenters. The molecule has 0 heterocycles. The van der Waals surface area contributed by atoms with Crippen LogP contribution in [0.15, 0.2) is 0 Å². The first kappa shape index (κ1) is 15.0. The third-order valence-electron chi connectivity index (χ3n) is 3.43. The van der Waals surface area contributed by atoms with Crippen LogP contribution in [0.25, 0.3) is 0 Å². The van der Waals surface area contributed by atoms with Crippen molar-refractivity contribution in [1.82, 2.24) is 4.90 Å². The fourth-order valence-corrected chi connectivity index (χ4v) is 2.62. The Morgan fingerprint density at radius 1 is 1.17 bits per heavy atom. The second kappa shape index (κ2) is 7.39. The first-order chi connectivity index (χ1) is 8.50. The maximum absolute atomic E-state index is 12.4. The van der Waals surface area contributed by atoms with Crippen molar-refractivity contribution >= 4 is 11.9 Å². The Balaban J connectivity index is 2.63. The summed E-state index contributed by atoms with van der Waals surface area (Å²) < 4.78 is 0. The van der Waals surface area contributed by atoms with Gasteiger partial charge in [0, 0.05) is 12.5 Å². The fourth-order valence-electron chi connectivity index (χ4n) is 2.62. The number of carbonyl (C=O) groups is 2. The number of carbonyl (C=O) groups excluding carboxylic acids is 1. The first-order valence-electron chi connectivity index (χ1n) is 7.01. The Hall–Kier alpha value is -1.06. The highest BCUT2D eigenvalue weighted by molar-refractivity contribution is 5.83. The molecule has 0 saturated heterocycles. The lowest BCUT2D eigenvalue weighted by Gasteiger charge is -2.27. The molecule has 0 aliphatic heterocycles. The average molecular weight is 255 g/mol. The Morgan fingerprint density at radius 3 is 2.17 bits per heavy atom. The molecule has 1 aliphatic rings. The van der Waals surface area contributed by atoms with E-state index in [0.29, 0.717) is 12.5 Å². The highest BCUT2D eigenvalue weighted by Gasteiger charge is 2.26. The number of carboxylic acids is 1. The summed E-state index contributed by atoms with van der Waals surface area (Å²) in [6.07, 6.45) is 6.44. The Morgan fingerprint density at radius 2 is 1.72 bits per heavy atom. The quantitative estimate of drug-likeness (QED) is 0.768. The molecule has 0 spiro atoms. The molecule has 1 fully saturated rings. The van der Waals surface area contributed by atoms with Crippen LogP contribution in [0.4, 0.5) is 0 Å². The Labute approximate surface area is 109 Å². The van der Waals surface area contributed by atoms with Gasteiger partial charge in [-0.2, -0.15) is 0 Å². The summed E-state index contributed by atoms with van der Waals surface area (Å²) in [6.45, 7) is 4.40. The summed E-state index contributed by atoms with van der Waals surface area (Å²) in [6, 6.07) is 0. The van der Waals surface area contributed by atoms with Gasteiger partial charge in [-0.3, -0.25) is 9.59 Å². The number of hydrogen-bond acceptors (Lipinski definition) is 2. The highest BCUT2D eigenvalue weighted by atomic mass is 16.4. The van der Waals surface area contributed by atoms with Crippen LogP contribution in [0.5, 0.6) is 0 Å². The molecular weight excluding hydrogens is 230 g/mol. The van der Waals surface area contributed by atoms with Crippen LogP contribution in [0.1, 0.15) is 52.4 Å². The molecule has 0 bridgehead atoms. The van der Waals surface area contributed by atoms with E-state index in [4.69, 9.17) is 5.11 Å². The Bertz CT molecular complexity index is 281. The van der Waals surface area contributed by atoms with Gasteiger partial charge < -0.3 is 10.0 Å². The molecule has 0 aromatic rings. The van der Waals surface area contributed by atoms with Crippen LogP contribution in [0.3, 0.4) is 0 Å². The van der Waals surface area contributed by atoms with Gasteiger partial charge in [-0.25, -0.2) is 0 Å². The summed E-state index contributed by atoms with van der Waals surface area (Å²) in [5.74, 6) is -0.518. The van der Waals surface area contributed by atoms with E-state index in [1.54, 1.807) is 0 Å². The molecule has 0 unspecified atom stereocenters. The predicted molar refractivity (Wildman–Crippen MR) is 70.2 cm³/mol. The lowest BCUT2D eigenvalue weighted by atomic mass is 9.98. The van der Waals surface area contributed by atoms with Gasteiger partial charge in [0.15, 0.2) is 0 Å². The molecule has 1 rings (SSSR count). The van der Waals surface area contributed by atoms with Crippen molar-refractivity contribution < 1.29 is 14.7 Å². The van der Waals surface area contributed by atoms with Gasteiger partial charge in [-0.05, 0) is 18.8 Å². The molecule has 1 aliphatic carbocycles. The number of hydrogen-bond donors (Lipinski definition) is 1. The second-order valence-electron chi connectivity index (χ2n) is 5.69. The van der Waals surface area contributed by atoms with E-state index in [2.05, 4.69) is 0 Å². The van der Waals surface area contributed by atoms with E-state index in [0.717, 1.165) is 25.7 Å². The first-order valence-corrected chi connectivity index (χ1v) is 7.01. The third-order valence-corrected chi connectivity index (χ3v) is 3.43. The van der Waals surface area contributed by atoms with Gasteiger partial charge in [-0.15, -0.1) is 0 Å². The van der Waals surface area contributed by atoms with Crippen molar-refractivity contribution in [2.75, 3.05) is 13.1 Å². The zero-order chi connectivity index (χ0) is 13.5. The SMILES string of the molecule is CC(C)CN(CC(=O)O)C(=O)C1CCCCCC1. The summed E-state index contributed by atoms with van der Waals surface area (Å²) >= 11 is 0. The van der Waals surface area contributed by atoms with E-state index in [1.807, 2.05) is 13.8 Å². The smallest absolute Gasteiger partial charge is 0.323 e. The van der Waals surface area contributed by atoms with Crippen LogP contribution in [0.2, 0.25) is 0 Å². The van der Waals surface area contributed by atoms with Crippen LogP contribution in [0, 0.1) is 11.8 Å². The fraction of sp³-hybridized carbons (Fsp3) is 0.857. The van der Waals surface area contributed by atoms with Crippen molar-refractivity contribution in [2.24, 2.45) is 11.8 Å². The minimum Gasteiger partial charge on any atom is -0.480 e. The molecule has 0 aromatic carbocycles. The van der Waals surface area contributed by atoms with Gasteiger partial charge in [0.2, 0.25) is 5.91 Å². The molecule has 0 radical (unpaired) electrons. The lowest BCUT2D eigenvalue weighted by Crippen LogP contribution is -2.41. The van der Waals surface area contributed by atoms with Crippen molar-refractivity contribution in [3.63, 3.8) is 0 Å². The van der Waals surface area contributed by atoms with Crippen molar-refractivity contribution in [3.8, 4) is 0 Å². The Kier molecular flexibility index (Phi) is 6.16. The van der Waals surface area contributed by atoms with Crippen molar-refractivity contribution in [1.29, 1.82) is 0 Å². The summed E-state index contributed by atoms with van der Waals surface area (Å²) in [4.78, 5) is 24.8. The van der Waals surface area contributed by atoms with E-state index < -0.39 is 5.97 Å². The normalized spacial score (nSPS) is 17.5. The van der Waals surface area contributed by atoms with Crippen LogP contribution < -0.4 is 0 Å². The molecule has 18 heavy (non-hydrogen) atoms. The van der Waals surface area contributed by atoms with Gasteiger partial charge >= 0.3 is 5.97 Å². The summed E-state index contributed by atoms with van der Waals surface area (Å²) in [7, 11) is 0. The zero-order valence-electron chi connectivity index (χ0n) is 11.5. The number of carboxylic acid groups (broad SMARTS) is 1. The van der Waals surface area contributed by atoms with Crippen molar-refractivity contribution in [3.05, 3.63) is 0 Å². The summed E-state index contributed by atoms with van der Waals surface area (Å²) in [5, 5.41) is 8.91. The molecule has 104 valence electrons. The number of amides is 1. The minimum absolute atomic E-state index is 0.0469. The molecule has 0 aromatic heterocycles. The van der Waals surface area contributed by atoms with E-state index >= 15 is 0 Å². The second-order valence-corrected chi connectivity index (χ2v) is 5.69. The summed E-state index contributed by atoms with van der Waals surface area (Å²) in [5.41, 5.74) is 0. The van der Waals surface area contributed by atoms with E-state index in [-0.39, 0.29) is 18.4 Å². The largest absolute Gasteiger partial charge is 0.480 e. The van der Waals surface area contributed by atoms with Crippen molar-refractivity contribution in [2.45, 2.75) is 52.4 Å². The monoisotopic (exact) mass is 255 g/mol. The molecule has 1 N–H and O–H groups in total. The van der Waals surface area contributed by atoms with Gasteiger partial charge in [0.25, 0.3) is 0 Å². The maximum Gasteiger partial charge on any atom is 0.323 e. The number of aliphatic carboxylic acids is 1. The number of rotatable bonds is 5. The maximum atomic E-state index is 12.4. The van der Waals surface area contributed by atoms with E-state index in [1.165, 1.54) is 17.7 Å². The van der Waals surface area contributed by atoms with Gasteiger partial charge in [0.1, 0.15) is 6.54 Å². The molecule has 4 heteroatoms. The third kappa shape index (κ3) is 5.07. The van der Waals surface area contributed by atoms with E-state index in [9.17, 15) is 9.59 Å². The van der Waals surface area contributed by atoms with Gasteiger partial charge in [0.05, 0.1) is 0 Å². The van der Waals surface area contributed by atoms with Crippen LogP contribution >= 0.6 is 0 Å². The highest BCUT2D eigenvalue weighted by Crippen LogP contribution is 2.24. The zero-order valence-corrected chi connectivity index (χ0v) is 11.5. The molecule has 1 saturated carbocycles. The molecular formula is C14H25NO3. The standard InChI is InChI=1S/C14H25NO3/c1-11(2)9-15(10-13(16)17)14(18)12-7-5-3-4-6-8-12/h11-12H,3-10H2,1-2H3,(H,16,17). The minimum atomic E-state index is -0.919. The molecule has 4 nitrogen and oxygen atoms in total. The lowest BCUT2D eigenvalue weighted by molar-refractivity contribution is -0.147. The van der Waals surface area contributed by atoms with Crippen LogP contribution in [-0.2, 0) is 9.59 Å². The topological polar surface area (TPSA) is 57.6 Å².